The van der Waals surface area contributed by atoms with Crippen LogP contribution in [-0.4, -0.2) is 64.2 Å². The van der Waals surface area contributed by atoms with Crippen molar-refractivity contribution < 1.29 is 23.5 Å². The van der Waals surface area contributed by atoms with Crippen molar-refractivity contribution in [1.82, 2.24) is 19.3 Å². The molecule has 11 heteroatoms. The molecule has 222 valence electrons. The van der Waals surface area contributed by atoms with Crippen LogP contribution in [0.25, 0.3) is 16.9 Å². The van der Waals surface area contributed by atoms with Crippen molar-refractivity contribution in [2.75, 3.05) is 32.1 Å². The molecule has 9 nitrogen and oxygen atoms in total. The average molecular weight is 594 g/mol. The van der Waals surface area contributed by atoms with E-state index in [1.807, 2.05) is 38.8 Å². The molecule has 4 heterocycles. The standard InChI is InChI=1S/C31H36FN5O4S/c1-7-23-27(35(5)29-34-25(26(42-29)28(38)40-6)20-8-11-22(32)12-9-20)37-18-21(10-13-24(37)33-23)19-14-16-36(17-15-19)30(39)41-31(2,3)4/h8-13,18-19H,7,14-17H2,1-6H3. The number of anilines is 2. The number of carbonyl (C=O) groups is 2. The van der Waals surface area contributed by atoms with Crippen molar-refractivity contribution in [3.8, 4) is 11.3 Å². The molecule has 1 amide bonds. The fourth-order valence-electron chi connectivity index (χ4n) is 5.23. The summed E-state index contributed by atoms with van der Waals surface area (Å²) in [5.41, 5.74) is 3.43. The Morgan fingerprint density at radius 1 is 1.10 bits per heavy atom. The number of rotatable bonds is 6. The Labute approximate surface area is 248 Å². The molecule has 0 aliphatic carbocycles. The Bertz CT molecular complexity index is 1600. The Hall–Kier alpha value is -3.99. The molecule has 0 radical (unpaired) electrons. The summed E-state index contributed by atoms with van der Waals surface area (Å²) < 4.78 is 26.3. The summed E-state index contributed by atoms with van der Waals surface area (Å²) in [6.07, 6.45) is 4.22. The van der Waals surface area contributed by atoms with Gasteiger partial charge < -0.3 is 19.3 Å². The van der Waals surface area contributed by atoms with Crippen LogP contribution in [0.15, 0.2) is 42.6 Å². The van der Waals surface area contributed by atoms with Gasteiger partial charge in [0.15, 0.2) is 5.13 Å². The predicted octanol–water partition coefficient (Wildman–Crippen LogP) is 6.83. The summed E-state index contributed by atoms with van der Waals surface area (Å²) in [5.74, 6) is 0.280. The number of piperidine rings is 1. The number of imidazole rings is 1. The number of thiazole rings is 1. The molecular weight excluding hydrogens is 557 g/mol. The highest BCUT2D eigenvalue weighted by molar-refractivity contribution is 7.18. The number of methoxy groups -OCH3 is 1. The number of hydrogen-bond acceptors (Lipinski definition) is 8. The zero-order valence-electron chi connectivity index (χ0n) is 24.8. The van der Waals surface area contributed by atoms with E-state index in [0.29, 0.717) is 40.8 Å². The summed E-state index contributed by atoms with van der Waals surface area (Å²) in [6, 6.07) is 10.0. The van der Waals surface area contributed by atoms with Crippen molar-refractivity contribution in [1.29, 1.82) is 0 Å². The van der Waals surface area contributed by atoms with Gasteiger partial charge in [-0.1, -0.05) is 24.3 Å². The third-order valence-corrected chi connectivity index (χ3v) is 8.46. The van der Waals surface area contributed by atoms with Crippen molar-refractivity contribution in [3.63, 3.8) is 0 Å². The van der Waals surface area contributed by atoms with Crippen molar-refractivity contribution in [2.45, 2.75) is 58.5 Å². The number of fused-ring (bicyclic) bond motifs is 1. The second-order valence-corrected chi connectivity index (χ2v) is 12.4. The molecule has 1 aliphatic heterocycles. The van der Waals surface area contributed by atoms with Gasteiger partial charge in [0, 0.05) is 31.9 Å². The van der Waals surface area contributed by atoms with Gasteiger partial charge in [0.25, 0.3) is 0 Å². The number of nitrogens with zero attached hydrogens (tertiary/aromatic N) is 5. The monoisotopic (exact) mass is 593 g/mol. The lowest BCUT2D eigenvalue weighted by atomic mass is 9.90. The van der Waals surface area contributed by atoms with Gasteiger partial charge in [-0.25, -0.2) is 23.9 Å². The average Bonchev–Trinajstić information content (AvgIpc) is 3.58. The second kappa shape index (κ2) is 11.7. The van der Waals surface area contributed by atoms with Gasteiger partial charge >= 0.3 is 12.1 Å². The molecular formula is C31H36FN5O4S. The van der Waals surface area contributed by atoms with E-state index in [1.54, 1.807) is 17.0 Å². The third kappa shape index (κ3) is 5.97. The van der Waals surface area contributed by atoms with Crippen LogP contribution in [0.1, 0.15) is 67.4 Å². The van der Waals surface area contributed by atoms with E-state index in [-0.39, 0.29) is 17.8 Å². The van der Waals surface area contributed by atoms with Crippen LogP contribution in [0.5, 0.6) is 0 Å². The SMILES string of the molecule is CCc1nc2ccc(C3CCN(C(=O)OC(C)(C)C)CC3)cn2c1N(C)c1nc(-c2ccc(F)cc2)c(C(=O)OC)s1. The number of aryl methyl sites for hydroxylation is 1. The molecule has 0 saturated carbocycles. The number of likely N-dealkylation sites (tertiary alicyclic amines) is 1. The van der Waals surface area contributed by atoms with Crippen molar-refractivity contribution >= 4 is 40.0 Å². The number of carbonyl (C=O) groups excluding carboxylic acids is 2. The maximum absolute atomic E-state index is 13.6. The van der Waals surface area contributed by atoms with Gasteiger partial charge in [0.1, 0.15) is 27.8 Å². The van der Waals surface area contributed by atoms with E-state index in [4.69, 9.17) is 19.4 Å². The van der Waals surface area contributed by atoms with E-state index >= 15 is 0 Å². The Morgan fingerprint density at radius 2 is 1.79 bits per heavy atom. The van der Waals surface area contributed by atoms with Crippen LogP contribution in [0, 0.1) is 5.82 Å². The molecule has 0 spiro atoms. The largest absolute Gasteiger partial charge is 0.465 e. The van der Waals surface area contributed by atoms with Gasteiger partial charge in [-0.3, -0.25) is 4.40 Å². The number of esters is 1. The Balaban J connectivity index is 1.46. The smallest absolute Gasteiger partial charge is 0.410 e. The van der Waals surface area contributed by atoms with Crippen LogP contribution in [0.4, 0.5) is 20.1 Å². The number of ether oxygens (including phenoxy) is 2. The molecule has 0 unspecified atom stereocenters. The van der Waals surface area contributed by atoms with E-state index in [0.717, 1.165) is 30.0 Å². The first-order chi connectivity index (χ1) is 20.0. The lowest BCUT2D eigenvalue weighted by Crippen LogP contribution is -2.41. The van der Waals surface area contributed by atoms with Crippen LogP contribution in [-0.2, 0) is 15.9 Å². The van der Waals surface area contributed by atoms with Crippen molar-refractivity contribution in [3.05, 3.63) is 64.5 Å². The first-order valence-corrected chi connectivity index (χ1v) is 14.9. The molecule has 0 atom stereocenters. The predicted molar refractivity (Wildman–Crippen MR) is 161 cm³/mol. The molecule has 3 aromatic heterocycles. The van der Waals surface area contributed by atoms with Gasteiger partial charge in [-0.15, -0.1) is 0 Å². The fourth-order valence-corrected chi connectivity index (χ4v) is 6.20. The lowest BCUT2D eigenvalue weighted by Gasteiger charge is -2.33. The highest BCUT2D eigenvalue weighted by Crippen LogP contribution is 2.38. The zero-order chi connectivity index (χ0) is 30.2. The second-order valence-electron chi connectivity index (χ2n) is 11.4. The highest BCUT2D eigenvalue weighted by Gasteiger charge is 2.29. The van der Waals surface area contributed by atoms with Gasteiger partial charge in [0.05, 0.1) is 18.5 Å². The molecule has 0 N–H and O–H groups in total. The highest BCUT2D eigenvalue weighted by atomic mass is 32.1. The maximum Gasteiger partial charge on any atom is 0.410 e. The quantitative estimate of drug-likeness (QED) is 0.227. The summed E-state index contributed by atoms with van der Waals surface area (Å²) in [6.45, 7) is 8.96. The molecule has 1 fully saturated rings. The number of benzene rings is 1. The Morgan fingerprint density at radius 3 is 2.40 bits per heavy atom. The van der Waals surface area contributed by atoms with E-state index < -0.39 is 11.6 Å². The maximum atomic E-state index is 13.6. The van der Waals surface area contributed by atoms with E-state index in [2.05, 4.69) is 23.6 Å². The number of pyridine rings is 1. The van der Waals surface area contributed by atoms with E-state index in [1.165, 1.54) is 36.1 Å². The van der Waals surface area contributed by atoms with Crippen LogP contribution in [0.2, 0.25) is 0 Å². The zero-order valence-corrected chi connectivity index (χ0v) is 25.6. The van der Waals surface area contributed by atoms with Crippen LogP contribution >= 0.6 is 11.3 Å². The minimum atomic E-state index is -0.519. The first-order valence-electron chi connectivity index (χ1n) is 14.1. The number of halogens is 1. The summed E-state index contributed by atoms with van der Waals surface area (Å²) in [7, 11) is 3.24. The topological polar surface area (TPSA) is 89.3 Å². The van der Waals surface area contributed by atoms with Gasteiger partial charge in [-0.2, -0.15) is 0 Å². The molecule has 4 aromatic rings. The normalized spacial score (nSPS) is 14.3. The molecule has 1 aromatic carbocycles. The Kier molecular flexibility index (Phi) is 8.23. The van der Waals surface area contributed by atoms with Crippen molar-refractivity contribution in [2.24, 2.45) is 0 Å². The minimum absolute atomic E-state index is 0.266. The molecule has 1 saturated heterocycles. The first kappa shape index (κ1) is 29.5. The fraction of sp³-hybridized carbons (Fsp3) is 0.419. The molecule has 5 rings (SSSR count). The molecule has 1 aliphatic rings. The van der Waals surface area contributed by atoms with Crippen LogP contribution < -0.4 is 4.90 Å². The number of aromatic nitrogens is 3. The van der Waals surface area contributed by atoms with Gasteiger partial charge in [-0.05, 0) is 81.8 Å². The van der Waals surface area contributed by atoms with Gasteiger partial charge in [0.2, 0.25) is 0 Å². The molecule has 42 heavy (non-hydrogen) atoms. The summed E-state index contributed by atoms with van der Waals surface area (Å²) >= 11 is 1.22. The van der Waals surface area contributed by atoms with Crippen LogP contribution in [0.3, 0.4) is 0 Å². The third-order valence-electron chi connectivity index (χ3n) is 7.35. The number of hydrogen-bond donors (Lipinski definition) is 0. The number of amides is 1. The minimum Gasteiger partial charge on any atom is -0.465 e. The summed E-state index contributed by atoms with van der Waals surface area (Å²) in [5, 5.41) is 0.585. The van der Waals surface area contributed by atoms with E-state index in [9.17, 15) is 14.0 Å². The summed E-state index contributed by atoms with van der Waals surface area (Å²) in [4.78, 5) is 39.0. The lowest BCUT2D eigenvalue weighted by molar-refractivity contribution is 0.0204. The molecule has 0 bridgehead atoms.